The zero-order valence-electron chi connectivity index (χ0n) is 37.6. The zero-order valence-corrected chi connectivity index (χ0v) is 37.6. The van der Waals surface area contributed by atoms with Gasteiger partial charge < -0.3 is 9.47 Å². The van der Waals surface area contributed by atoms with Crippen LogP contribution in [-0.4, -0.2) is 4.57 Å². The zero-order chi connectivity index (χ0) is 45.0. The second kappa shape index (κ2) is 16.6. The minimum Gasteiger partial charge on any atom is -0.313 e. The number of hydrogen-bond acceptors (Lipinski definition) is 1. The predicted octanol–water partition coefficient (Wildman–Crippen LogP) is 18.2. The van der Waals surface area contributed by atoms with Gasteiger partial charge in [-0.05, 0) is 150 Å². The lowest BCUT2D eigenvalue weighted by molar-refractivity contribution is 0.889. The van der Waals surface area contributed by atoms with Crippen molar-refractivity contribution < 1.29 is 0 Å². The Balaban J connectivity index is 0.969. The van der Waals surface area contributed by atoms with E-state index >= 15 is 0 Å². The number of fused-ring (bicyclic) bond motifs is 7. The van der Waals surface area contributed by atoms with Crippen molar-refractivity contribution in [3.8, 4) is 50.2 Å². The molecule has 13 rings (SSSR count). The van der Waals surface area contributed by atoms with Gasteiger partial charge in [-0.25, -0.2) is 0 Å². The molecular formula is C66H46N2. The molecule has 0 saturated carbocycles. The maximum atomic E-state index is 2.51. The third kappa shape index (κ3) is 6.81. The number of hydrogen-bond donors (Lipinski definition) is 0. The van der Waals surface area contributed by atoms with E-state index in [9.17, 15) is 0 Å². The van der Waals surface area contributed by atoms with Crippen molar-refractivity contribution in [2.45, 2.75) is 12.8 Å². The molecule has 320 valence electrons. The first-order valence-electron chi connectivity index (χ1n) is 23.7. The highest BCUT2D eigenvalue weighted by Crippen LogP contribution is 2.46. The van der Waals surface area contributed by atoms with Gasteiger partial charge in [0, 0.05) is 39.4 Å². The van der Waals surface area contributed by atoms with Crippen LogP contribution in [0.15, 0.2) is 249 Å². The van der Waals surface area contributed by atoms with Gasteiger partial charge in [-0.3, -0.25) is 0 Å². The van der Waals surface area contributed by atoms with E-state index in [0.29, 0.717) is 0 Å². The summed E-state index contributed by atoms with van der Waals surface area (Å²) in [7, 11) is 0. The van der Waals surface area contributed by atoms with E-state index in [0.717, 1.165) is 29.9 Å². The van der Waals surface area contributed by atoms with E-state index in [-0.39, 0.29) is 0 Å². The monoisotopic (exact) mass is 866 g/mol. The first-order chi connectivity index (χ1) is 33.7. The number of para-hydroxylation sites is 1. The van der Waals surface area contributed by atoms with Crippen LogP contribution in [0.5, 0.6) is 0 Å². The lowest BCUT2D eigenvalue weighted by Crippen LogP contribution is -2.10. The molecule has 0 atom stereocenters. The Labute approximate surface area is 397 Å². The number of anilines is 3. The maximum absolute atomic E-state index is 2.51. The summed E-state index contributed by atoms with van der Waals surface area (Å²) in [6.45, 7) is 0. The molecule has 0 amide bonds. The fourth-order valence-corrected chi connectivity index (χ4v) is 10.8. The summed E-state index contributed by atoms with van der Waals surface area (Å²) in [6.07, 6.45) is 6.74. The Hall–Kier alpha value is -8.72. The molecule has 1 aliphatic carbocycles. The minimum absolute atomic E-state index is 0.997. The van der Waals surface area contributed by atoms with E-state index < -0.39 is 0 Å². The molecule has 0 bridgehead atoms. The van der Waals surface area contributed by atoms with Crippen molar-refractivity contribution in [1.82, 2.24) is 4.57 Å². The van der Waals surface area contributed by atoms with Crippen LogP contribution in [0, 0.1) is 0 Å². The van der Waals surface area contributed by atoms with E-state index in [4.69, 9.17) is 0 Å². The van der Waals surface area contributed by atoms with Crippen LogP contribution in [0.2, 0.25) is 0 Å². The third-order valence-electron chi connectivity index (χ3n) is 14.0. The third-order valence-corrected chi connectivity index (χ3v) is 14.0. The standard InChI is InChI=1S/C66H46N2/c1-3-16-45(17-4-1)46-30-32-47(33-31-46)48-34-38-54(39-35-48)67(55-40-36-49(37-41-55)62-43-50-18-7-9-24-57(50)59-26-11-12-27-60(59)62)56-23-15-20-52(42-56)65-58-25-10-8-19-51(58)44-64-66(65)61-28-13-14-29-63(61)68(64)53-21-5-2-6-22-53/h1-13,15-28,30-44H,14,29H2. The van der Waals surface area contributed by atoms with Gasteiger partial charge in [0.25, 0.3) is 0 Å². The summed E-state index contributed by atoms with van der Waals surface area (Å²) in [5.41, 5.74) is 18.1. The molecule has 0 radical (unpaired) electrons. The topological polar surface area (TPSA) is 8.17 Å². The molecular weight excluding hydrogens is 821 g/mol. The van der Waals surface area contributed by atoms with Crippen molar-refractivity contribution in [3.05, 3.63) is 260 Å². The number of benzene rings is 11. The molecule has 2 nitrogen and oxygen atoms in total. The van der Waals surface area contributed by atoms with E-state index in [2.05, 4.69) is 264 Å². The van der Waals surface area contributed by atoms with Gasteiger partial charge in [0.15, 0.2) is 0 Å². The minimum atomic E-state index is 0.997. The molecule has 1 heterocycles. The highest BCUT2D eigenvalue weighted by Gasteiger charge is 2.24. The first kappa shape index (κ1) is 39.6. The van der Waals surface area contributed by atoms with E-state index in [1.54, 1.807) is 0 Å². The molecule has 0 fully saturated rings. The molecule has 68 heavy (non-hydrogen) atoms. The summed E-state index contributed by atoms with van der Waals surface area (Å²) >= 11 is 0. The van der Waals surface area contributed by atoms with Crippen LogP contribution in [0.4, 0.5) is 17.1 Å². The van der Waals surface area contributed by atoms with Crippen LogP contribution in [0.3, 0.4) is 0 Å². The van der Waals surface area contributed by atoms with Crippen molar-refractivity contribution in [1.29, 1.82) is 0 Å². The summed E-state index contributed by atoms with van der Waals surface area (Å²) in [4.78, 5) is 2.42. The van der Waals surface area contributed by atoms with Gasteiger partial charge in [0.05, 0.1) is 5.52 Å². The van der Waals surface area contributed by atoms with Gasteiger partial charge in [-0.1, -0.05) is 194 Å². The normalized spacial score (nSPS) is 12.2. The van der Waals surface area contributed by atoms with E-state index in [1.807, 2.05) is 0 Å². The highest BCUT2D eigenvalue weighted by atomic mass is 15.1. The highest BCUT2D eigenvalue weighted by molar-refractivity contribution is 6.16. The number of rotatable bonds is 8. The fourth-order valence-electron chi connectivity index (χ4n) is 10.8. The quantitative estimate of drug-likeness (QED) is 0.138. The van der Waals surface area contributed by atoms with Crippen LogP contribution in [0.1, 0.15) is 17.7 Å². The Morgan fingerprint density at radius 3 is 1.59 bits per heavy atom. The molecule has 0 saturated heterocycles. The lowest BCUT2D eigenvalue weighted by atomic mass is 9.91. The predicted molar refractivity (Wildman–Crippen MR) is 290 cm³/mol. The summed E-state index contributed by atoms with van der Waals surface area (Å²) < 4.78 is 2.51. The number of aromatic nitrogens is 1. The smallest absolute Gasteiger partial charge is 0.0550 e. The van der Waals surface area contributed by atoms with Crippen LogP contribution >= 0.6 is 0 Å². The van der Waals surface area contributed by atoms with Gasteiger partial charge in [-0.15, -0.1) is 0 Å². The molecule has 1 aliphatic rings. The molecule has 1 aromatic heterocycles. The summed E-state index contributed by atoms with van der Waals surface area (Å²) in [5, 5.41) is 8.85. The Bertz CT molecular complexity index is 3860. The largest absolute Gasteiger partial charge is 0.313 e. The lowest BCUT2D eigenvalue weighted by Gasteiger charge is -2.27. The van der Waals surface area contributed by atoms with Gasteiger partial charge in [-0.2, -0.15) is 0 Å². The van der Waals surface area contributed by atoms with Crippen molar-refractivity contribution >= 4 is 66.4 Å². The van der Waals surface area contributed by atoms with Crippen LogP contribution in [-0.2, 0) is 6.42 Å². The molecule has 0 aliphatic heterocycles. The molecule has 0 spiro atoms. The van der Waals surface area contributed by atoms with Gasteiger partial charge in [0.2, 0.25) is 0 Å². The van der Waals surface area contributed by atoms with Crippen molar-refractivity contribution in [3.63, 3.8) is 0 Å². The molecule has 0 N–H and O–H groups in total. The number of allylic oxidation sites excluding steroid dienone is 1. The Morgan fingerprint density at radius 1 is 0.368 bits per heavy atom. The van der Waals surface area contributed by atoms with Gasteiger partial charge >= 0.3 is 0 Å². The second-order valence-corrected chi connectivity index (χ2v) is 18.0. The molecule has 0 unspecified atom stereocenters. The van der Waals surface area contributed by atoms with Crippen LogP contribution in [0.25, 0.3) is 99.5 Å². The second-order valence-electron chi connectivity index (χ2n) is 18.0. The molecule has 11 aromatic carbocycles. The Kier molecular flexibility index (Phi) is 9.68. The van der Waals surface area contributed by atoms with E-state index in [1.165, 1.54) is 105 Å². The fraction of sp³-hybridized carbons (Fsp3) is 0.0303. The molecule has 12 aromatic rings. The number of nitrogens with zero attached hydrogens (tertiary/aromatic N) is 2. The van der Waals surface area contributed by atoms with Crippen LogP contribution < -0.4 is 4.90 Å². The summed E-state index contributed by atoms with van der Waals surface area (Å²) in [6, 6.07) is 89.0. The van der Waals surface area contributed by atoms with Crippen molar-refractivity contribution in [2.24, 2.45) is 0 Å². The SMILES string of the molecule is C1=Cc2c(n(-c3ccccc3)c3cc4ccccc4c(-c4cccc(N(c5ccc(-c6ccc(-c7ccccc7)cc6)cc5)c5ccc(-c6cc7ccccc7c7ccccc67)cc5)c4)c23)CC1. The average molecular weight is 867 g/mol. The Morgan fingerprint density at radius 2 is 0.897 bits per heavy atom. The molecule has 2 heteroatoms. The first-order valence-corrected chi connectivity index (χ1v) is 23.7. The summed E-state index contributed by atoms with van der Waals surface area (Å²) in [5.74, 6) is 0. The average Bonchev–Trinajstić information content (AvgIpc) is 3.74. The van der Waals surface area contributed by atoms with Crippen molar-refractivity contribution in [2.75, 3.05) is 4.90 Å². The van der Waals surface area contributed by atoms with Gasteiger partial charge in [0.1, 0.15) is 0 Å². The maximum Gasteiger partial charge on any atom is 0.0550 e.